The van der Waals surface area contributed by atoms with Crippen molar-refractivity contribution >= 4 is 23.0 Å². The van der Waals surface area contributed by atoms with Crippen molar-refractivity contribution in [3.05, 3.63) is 75.1 Å². The summed E-state index contributed by atoms with van der Waals surface area (Å²) in [6.07, 6.45) is 0.422. The van der Waals surface area contributed by atoms with Crippen LogP contribution in [0.1, 0.15) is 63.3 Å². The first-order valence-electron chi connectivity index (χ1n) is 12.2. The predicted octanol–water partition coefficient (Wildman–Crippen LogP) is 5.85. The summed E-state index contributed by atoms with van der Waals surface area (Å²) in [5, 5.41) is 3.42. The number of carbonyl (C=O) groups is 2. The van der Waals surface area contributed by atoms with Crippen LogP contribution in [0.5, 0.6) is 5.75 Å². The summed E-state index contributed by atoms with van der Waals surface area (Å²) in [6.45, 7) is 12.7. The maximum absolute atomic E-state index is 13.1. The second-order valence-corrected chi connectivity index (χ2v) is 10.2. The number of carbonyl (C=O) groups excluding carboxylic acids is 2. The first-order chi connectivity index (χ1) is 16.9. The lowest BCUT2D eigenvalue weighted by molar-refractivity contribution is -0.138. The number of alkyl carbamates (subject to hydrolysis) is 1. The average molecular weight is 494 g/mol. The Morgan fingerprint density at radius 3 is 2.31 bits per heavy atom. The molecule has 0 unspecified atom stereocenters. The van der Waals surface area contributed by atoms with Crippen molar-refractivity contribution < 1.29 is 23.5 Å². The molecular formula is C29H35NO6. The third-order valence-corrected chi connectivity index (χ3v) is 6.23. The molecule has 192 valence electrons. The molecule has 1 amide bonds. The molecule has 0 saturated heterocycles. The van der Waals surface area contributed by atoms with Gasteiger partial charge < -0.3 is 19.2 Å². The van der Waals surface area contributed by atoms with Crippen molar-refractivity contribution in [1.29, 1.82) is 0 Å². The second kappa shape index (κ2) is 11.0. The Labute approximate surface area is 211 Å². The van der Waals surface area contributed by atoms with E-state index in [2.05, 4.69) is 5.32 Å². The van der Waals surface area contributed by atoms with Crippen molar-refractivity contribution in [1.82, 2.24) is 5.32 Å². The van der Waals surface area contributed by atoms with E-state index in [9.17, 15) is 14.4 Å². The summed E-state index contributed by atoms with van der Waals surface area (Å²) >= 11 is 0. The molecule has 0 bridgehead atoms. The van der Waals surface area contributed by atoms with Crippen LogP contribution in [-0.2, 0) is 16.0 Å². The van der Waals surface area contributed by atoms with Crippen LogP contribution in [0, 0.1) is 19.8 Å². The minimum atomic E-state index is -0.901. The summed E-state index contributed by atoms with van der Waals surface area (Å²) in [5.41, 5.74) is 2.24. The molecule has 2 atom stereocenters. The van der Waals surface area contributed by atoms with E-state index in [4.69, 9.17) is 13.9 Å². The van der Waals surface area contributed by atoms with Crippen LogP contribution in [0.4, 0.5) is 4.79 Å². The number of benzene rings is 2. The zero-order valence-electron chi connectivity index (χ0n) is 22.1. The van der Waals surface area contributed by atoms with Crippen LogP contribution < -0.4 is 15.7 Å². The Hall–Kier alpha value is -3.61. The Balaban J connectivity index is 1.90. The van der Waals surface area contributed by atoms with Gasteiger partial charge in [0.2, 0.25) is 0 Å². The van der Waals surface area contributed by atoms with Gasteiger partial charge in [-0.3, -0.25) is 0 Å². The fourth-order valence-corrected chi connectivity index (χ4v) is 3.96. The summed E-state index contributed by atoms with van der Waals surface area (Å²) in [7, 11) is 0. The normalized spacial score (nSPS) is 13.2. The number of hydrogen-bond acceptors (Lipinski definition) is 6. The highest BCUT2D eigenvalue weighted by Gasteiger charge is 2.30. The van der Waals surface area contributed by atoms with E-state index >= 15 is 0 Å². The second-order valence-electron chi connectivity index (χ2n) is 10.2. The zero-order valence-corrected chi connectivity index (χ0v) is 22.1. The number of aryl methyl sites for hydroxylation is 2. The fraction of sp³-hybridized carbons (Fsp3) is 0.414. The van der Waals surface area contributed by atoms with Gasteiger partial charge in [-0.25, -0.2) is 14.4 Å². The lowest BCUT2D eigenvalue weighted by Crippen LogP contribution is -2.48. The molecule has 0 spiro atoms. The molecule has 3 aromatic rings. The molecule has 0 aliphatic rings. The Kier molecular flexibility index (Phi) is 8.23. The minimum Gasteiger partial charge on any atom is -0.444 e. The van der Waals surface area contributed by atoms with Gasteiger partial charge in [0.15, 0.2) is 0 Å². The van der Waals surface area contributed by atoms with E-state index in [-0.39, 0.29) is 11.7 Å². The maximum atomic E-state index is 13.1. The molecule has 1 heterocycles. The number of fused-ring (bicyclic) bond motifs is 1. The van der Waals surface area contributed by atoms with Crippen molar-refractivity contribution in [2.45, 2.75) is 73.0 Å². The molecule has 0 saturated carbocycles. The van der Waals surface area contributed by atoms with Gasteiger partial charge in [-0.1, -0.05) is 50.6 Å². The van der Waals surface area contributed by atoms with Crippen molar-refractivity contribution in [2.24, 2.45) is 5.92 Å². The summed E-state index contributed by atoms with van der Waals surface area (Å²) in [5.74, 6) is -0.533. The summed E-state index contributed by atoms with van der Waals surface area (Å²) in [6, 6.07) is 12.3. The highest BCUT2D eigenvalue weighted by molar-refractivity contribution is 5.88. The van der Waals surface area contributed by atoms with Crippen molar-refractivity contribution in [2.75, 3.05) is 0 Å². The molecule has 1 aromatic heterocycles. The van der Waals surface area contributed by atoms with Crippen LogP contribution in [0.25, 0.3) is 11.0 Å². The minimum absolute atomic E-state index is 0.188. The first kappa shape index (κ1) is 27.0. The van der Waals surface area contributed by atoms with E-state index in [1.54, 1.807) is 39.8 Å². The van der Waals surface area contributed by atoms with Gasteiger partial charge in [-0.15, -0.1) is 0 Å². The average Bonchev–Trinajstić information content (AvgIpc) is 2.81. The quantitative estimate of drug-likeness (QED) is 0.252. The number of nitrogens with one attached hydrogen (secondary N) is 1. The van der Waals surface area contributed by atoms with Crippen LogP contribution in [0.2, 0.25) is 0 Å². The predicted molar refractivity (Wildman–Crippen MR) is 139 cm³/mol. The molecule has 36 heavy (non-hydrogen) atoms. The van der Waals surface area contributed by atoms with Gasteiger partial charge in [0.1, 0.15) is 23.0 Å². The van der Waals surface area contributed by atoms with Gasteiger partial charge in [0.25, 0.3) is 0 Å². The van der Waals surface area contributed by atoms with Crippen molar-refractivity contribution in [3.63, 3.8) is 0 Å². The van der Waals surface area contributed by atoms with E-state index in [1.807, 2.05) is 51.1 Å². The van der Waals surface area contributed by atoms with Crippen LogP contribution in [0.15, 0.2) is 51.7 Å². The van der Waals surface area contributed by atoms with Gasteiger partial charge in [-0.05, 0) is 63.8 Å². The van der Waals surface area contributed by atoms with E-state index in [0.29, 0.717) is 29.6 Å². The number of esters is 1. The van der Waals surface area contributed by atoms with Gasteiger partial charge in [0.05, 0.1) is 0 Å². The molecule has 7 heteroatoms. The largest absolute Gasteiger partial charge is 0.444 e. The van der Waals surface area contributed by atoms with E-state index in [1.165, 1.54) is 0 Å². The van der Waals surface area contributed by atoms with Crippen molar-refractivity contribution in [3.8, 4) is 5.75 Å². The topological polar surface area (TPSA) is 94.8 Å². The zero-order chi connectivity index (χ0) is 26.6. The standard InChI is InChI=1S/C29H35NO6/c1-8-17(2)24(30-28(33)36-29(5,6)7)27(32)34-23-15-14-21-18(3)22(16-20-12-10-9-11-13-20)26(31)35-25(21)19(23)4/h9-15,17,24H,8,16H2,1-7H3,(H,30,33)/t17-,24+/m1/s1. The third-order valence-electron chi connectivity index (χ3n) is 6.23. The molecule has 0 aliphatic carbocycles. The Bertz CT molecular complexity index is 1300. The molecule has 0 fully saturated rings. The Morgan fingerprint density at radius 1 is 1.03 bits per heavy atom. The van der Waals surface area contributed by atoms with Crippen LogP contribution in [-0.4, -0.2) is 23.7 Å². The van der Waals surface area contributed by atoms with Gasteiger partial charge in [-0.2, -0.15) is 0 Å². The maximum Gasteiger partial charge on any atom is 0.408 e. The monoisotopic (exact) mass is 493 g/mol. The highest BCUT2D eigenvalue weighted by atomic mass is 16.6. The summed E-state index contributed by atoms with van der Waals surface area (Å²) in [4.78, 5) is 38.3. The number of rotatable bonds is 7. The molecule has 0 radical (unpaired) electrons. The SMILES string of the molecule is CC[C@@H](C)[C@H](NC(=O)OC(C)(C)C)C(=O)Oc1ccc2c(C)c(Cc3ccccc3)c(=O)oc2c1C. The molecular weight excluding hydrogens is 458 g/mol. The molecule has 3 rings (SSSR count). The molecule has 0 aliphatic heterocycles. The third kappa shape index (κ3) is 6.33. The van der Waals surface area contributed by atoms with Crippen LogP contribution >= 0.6 is 0 Å². The lowest BCUT2D eigenvalue weighted by atomic mass is 9.98. The van der Waals surface area contributed by atoms with Crippen LogP contribution in [0.3, 0.4) is 0 Å². The summed E-state index contributed by atoms with van der Waals surface area (Å²) < 4.78 is 16.7. The smallest absolute Gasteiger partial charge is 0.408 e. The molecule has 2 aromatic carbocycles. The van der Waals surface area contributed by atoms with Gasteiger partial charge in [0, 0.05) is 22.9 Å². The fourth-order valence-electron chi connectivity index (χ4n) is 3.96. The van der Waals surface area contributed by atoms with E-state index in [0.717, 1.165) is 16.5 Å². The highest BCUT2D eigenvalue weighted by Crippen LogP contribution is 2.30. The number of ether oxygens (including phenoxy) is 2. The lowest BCUT2D eigenvalue weighted by Gasteiger charge is -2.25. The van der Waals surface area contributed by atoms with Gasteiger partial charge >= 0.3 is 17.7 Å². The molecule has 7 nitrogen and oxygen atoms in total. The Morgan fingerprint density at radius 2 is 1.69 bits per heavy atom. The number of amides is 1. The molecule has 1 N–H and O–H groups in total. The number of hydrogen-bond donors (Lipinski definition) is 1. The first-order valence-corrected chi connectivity index (χ1v) is 12.2. The van der Waals surface area contributed by atoms with E-state index < -0.39 is 29.3 Å².